The molecule has 0 saturated heterocycles. The second-order valence-electron chi connectivity index (χ2n) is 1.70. The quantitative estimate of drug-likeness (QED) is 0.443. The van der Waals surface area contributed by atoms with E-state index < -0.39 is 0 Å². The molecule has 1 rings (SSSR count). The zero-order valence-electron chi connectivity index (χ0n) is 4.91. The molecule has 3 nitrogen and oxygen atoms in total. The van der Waals surface area contributed by atoms with Crippen molar-refractivity contribution in [2.75, 3.05) is 13.7 Å². The highest BCUT2D eigenvalue weighted by atomic mass is 15.5. The van der Waals surface area contributed by atoms with Gasteiger partial charge in [0.2, 0.25) is 0 Å². The molecular formula is C5H9N3. The Morgan fingerprint density at radius 1 is 1.50 bits per heavy atom. The van der Waals surface area contributed by atoms with Crippen LogP contribution in [0.3, 0.4) is 0 Å². The van der Waals surface area contributed by atoms with Crippen molar-refractivity contribution >= 4 is 12.4 Å². The number of hydrazone groups is 1. The summed E-state index contributed by atoms with van der Waals surface area (Å²) in [6.07, 6.45) is 4.58. The third kappa shape index (κ3) is 1.33. The van der Waals surface area contributed by atoms with Gasteiger partial charge in [-0.25, -0.2) is 0 Å². The first-order chi connectivity index (χ1) is 3.89. The summed E-state index contributed by atoms with van der Waals surface area (Å²) in [6.45, 7) is 0.691. The van der Waals surface area contributed by atoms with Gasteiger partial charge in [-0.15, -0.1) is 0 Å². The topological polar surface area (TPSA) is 28.0 Å². The van der Waals surface area contributed by atoms with E-state index in [4.69, 9.17) is 0 Å². The van der Waals surface area contributed by atoms with Crippen LogP contribution in [0.4, 0.5) is 0 Å². The second-order valence-corrected chi connectivity index (χ2v) is 1.70. The molecular weight excluding hydrogens is 102 g/mol. The maximum absolute atomic E-state index is 4.03. The van der Waals surface area contributed by atoms with Crippen molar-refractivity contribution in [3.05, 3.63) is 0 Å². The molecule has 0 N–H and O–H groups in total. The van der Waals surface area contributed by atoms with Crippen molar-refractivity contribution in [2.45, 2.75) is 6.42 Å². The maximum atomic E-state index is 4.03. The first-order valence-corrected chi connectivity index (χ1v) is 2.61. The van der Waals surface area contributed by atoms with E-state index in [2.05, 4.69) is 10.1 Å². The van der Waals surface area contributed by atoms with Gasteiger partial charge in [-0.05, 0) is 0 Å². The first kappa shape index (κ1) is 5.28. The van der Waals surface area contributed by atoms with Crippen molar-refractivity contribution in [1.82, 2.24) is 5.01 Å². The summed E-state index contributed by atoms with van der Waals surface area (Å²) >= 11 is 0. The van der Waals surface area contributed by atoms with Gasteiger partial charge >= 0.3 is 0 Å². The summed E-state index contributed by atoms with van der Waals surface area (Å²) in [5.41, 5.74) is 0. The van der Waals surface area contributed by atoms with Crippen LogP contribution in [-0.2, 0) is 0 Å². The molecule has 0 fully saturated rings. The van der Waals surface area contributed by atoms with Crippen LogP contribution < -0.4 is 0 Å². The van der Waals surface area contributed by atoms with Crippen molar-refractivity contribution in [2.24, 2.45) is 10.1 Å². The third-order valence-corrected chi connectivity index (χ3v) is 0.905. The molecule has 0 radical (unpaired) electrons. The van der Waals surface area contributed by atoms with Crippen molar-refractivity contribution in [3.8, 4) is 0 Å². The van der Waals surface area contributed by atoms with Crippen LogP contribution in [0.15, 0.2) is 10.1 Å². The fourth-order valence-electron chi connectivity index (χ4n) is 0.521. The van der Waals surface area contributed by atoms with Gasteiger partial charge in [0.15, 0.2) is 0 Å². The van der Waals surface area contributed by atoms with Crippen LogP contribution in [0.1, 0.15) is 6.42 Å². The van der Waals surface area contributed by atoms with Gasteiger partial charge in [-0.1, -0.05) is 0 Å². The van der Waals surface area contributed by atoms with E-state index in [1.165, 1.54) is 0 Å². The molecule has 0 atom stereocenters. The normalized spacial score (nSPS) is 18.9. The fraction of sp³-hybridized carbons (Fsp3) is 0.600. The highest BCUT2D eigenvalue weighted by Gasteiger charge is 1.88. The van der Waals surface area contributed by atoms with E-state index in [-0.39, 0.29) is 0 Å². The first-order valence-electron chi connectivity index (χ1n) is 2.61. The molecule has 44 valence electrons. The van der Waals surface area contributed by atoms with E-state index in [1.807, 2.05) is 19.5 Å². The predicted molar refractivity (Wildman–Crippen MR) is 34.2 cm³/mol. The molecule has 0 aromatic rings. The maximum Gasteiger partial charge on any atom is 0.125 e. The van der Waals surface area contributed by atoms with E-state index in [9.17, 15) is 0 Å². The van der Waals surface area contributed by atoms with E-state index in [0.29, 0.717) is 6.67 Å². The summed E-state index contributed by atoms with van der Waals surface area (Å²) in [4.78, 5) is 4.03. The molecule has 0 bridgehead atoms. The molecule has 8 heavy (non-hydrogen) atoms. The van der Waals surface area contributed by atoms with Gasteiger partial charge in [0.05, 0.1) is 0 Å². The smallest absolute Gasteiger partial charge is 0.125 e. The summed E-state index contributed by atoms with van der Waals surface area (Å²) in [5.74, 6) is 0. The van der Waals surface area contributed by atoms with Crippen LogP contribution in [-0.4, -0.2) is 31.2 Å². The Balaban J connectivity index is 2.48. The predicted octanol–water partition coefficient (Wildman–Crippen LogP) is 0.336. The minimum Gasteiger partial charge on any atom is -0.279 e. The van der Waals surface area contributed by atoms with E-state index in [0.717, 1.165) is 6.42 Å². The lowest BCUT2D eigenvalue weighted by Crippen LogP contribution is -2.08. The van der Waals surface area contributed by atoms with Crippen molar-refractivity contribution in [3.63, 3.8) is 0 Å². The third-order valence-electron chi connectivity index (χ3n) is 0.905. The Hall–Kier alpha value is -0.860. The molecule has 0 aromatic carbocycles. The van der Waals surface area contributed by atoms with Crippen LogP contribution in [0.2, 0.25) is 0 Å². The van der Waals surface area contributed by atoms with Gasteiger partial charge in [-0.3, -0.25) is 10.0 Å². The number of rotatable bonds is 0. The average molecular weight is 111 g/mol. The Morgan fingerprint density at radius 3 is 3.25 bits per heavy atom. The Bertz CT molecular complexity index is 117. The number of nitrogens with zero attached hydrogens (tertiary/aromatic N) is 3. The minimum absolute atomic E-state index is 0.691. The molecule has 3 heteroatoms. The summed E-state index contributed by atoms with van der Waals surface area (Å²) in [5, 5.41) is 5.80. The Morgan fingerprint density at radius 2 is 2.38 bits per heavy atom. The average Bonchev–Trinajstić information content (AvgIpc) is 1.94. The molecule has 0 amide bonds. The van der Waals surface area contributed by atoms with Gasteiger partial charge < -0.3 is 0 Å². The van der Waals surface area contributed by atoms with Crippen LogP contribution in [0.5, 0.6) is 0 Å². The SMILES string of the molecule is CN1CN=CCC=N1. The monoisotopic (exact) mass is 111 g/mol. The summed E-state index contributed by atoms with van der Waals surface area (Å²) in [7, 11) is 1.90. The summed E-state index contributed by atoms with van der Waals surface area (Å²) in [6, 6.07) is 0. The van der Waals surface area contributed by atoms with Gasteiger partial charge in [0.1, 0.15) is 6.67 Å². The second kappa shape index (κ2) is 2.45. The summed E-state index contributed by atoms with van der Waals surface area (Å²) < 4.78 is 0. The molecule has 1 aliphatic heterocycles. The molecule has 0 saturated carbocycles. The van der Waals surface area contributed by atoms with E-state index >= 15 is 0 Å². The van der Waals surface area contributed by atoms with Gasteiger partial charge in [-0.2, -0.15) is 5.10 Å². The van der Waals surface area contributed by atoms with Crippen LogP contribution >= 0.6 is 0 Å². The number of hydrogen-bond donors (Lipinski definition) is 0. The molecule has 0 unspecified atom stereocenters. The van der Waals surface area contributed by atoms with Crippen LogP contribution in [0.25, 0.3) is 0 Å². The zero-order valence-corrected chi connectivity index (χ0v) is 4.91. The number of aliphatic imine (C=N–C) groups is 1. The van der Waals surface area contributed by atoms with Crippen molar-refractivity contribution in [1.29, 1.82) is 0 Å². The Labute approximate surface area is 48.7 Å². The lowest BCUT2D eigenvalue weighted by Gasteiger charge is -2.04. The standard InChI is InChI=1S/C5H9N3/c1-8-5-6-3-2-4-7-8/h3-4H,2,5H2,1H3. The largest absolute Gasteiger partial charge is 0.279 e. The fourth-order valence-corrected chi connectivity index (χ4v) is 0.521. The molecule has 0 spiro atoms. The molecule has 0 aromatic heterocycles. The van der Waals surface area contributed by atoms with E-state index in [1.54, 1.807) is 5.01 Å². The van der Waals surface area contributed by atoms with Gasteiger partial charge in [0, 0.05) is 25.9 Å². The molecule has 1 heterocycles. The minimum atomic E-state index is 0.691. The Kier molecular flexibility index (Phi) is 1.62. The highest BCUT2D eigenvalue weighted by molar-refractivity contribution is 5.79. The van der Waals surface area contributed by atoms with Crippen LogP contribution in [0, 0.1) is 0 Å². The molecule has 1 aliphatic rings. The zero-order chi connectivity index (χ0) is 5.82. The lowest BCUT2D eigenvalue weighted by atomic mass is 10.5. The number of hydrogen-bond acceptors (Lipinski definition) is 3. The highest BCUT2D eigenvalue weighted by Crippen LogP contribution is 1.86. The van der Waals surface area contributed by atoms with Crippen molar-refractivity contribution < 1.29 is 0 Å². The van der Waals surface area contributed by atoms with Gasteiger partial charge in [0.25, 0.3) is 0 Å². The lowest BCUT2D eigenvalue weighted by molar-refractivity contribution is 0.371. The molecule has 0 aliphatic carbocycles.